The van der Waals surface area contributed by atoms with Gasteiger partial charge in [0.2, 0.25) is 0 Å². The molecule has 0 spiro atoms. The molecule has 1 fully saturated rings. The van der Waals surface area contributed by atoms with Crippen molar-refractivity contribution in [1.29, 1.82) is 0 Å². The molecule has 1 aliphatic heterocycles. The Balaban J connectivity index is 2.07. The molecular formula is C17H27ClN2. The molecule has 0 saturated carbocycles. The number of hydrogen-bond donors (Lipinski definition) is 1. The van der Waals surface area contributed by atoms with Gasteiger partial charge >= 0.3 is 0 Å². The largest absolute Gasteiger partial charge is 0.370 e. The van der Waals surface area contributed by atoms with Gasteiger partial charge in [-0.1, -0.05) is 38.4 Å². The molecule has 2 nitrogen and oxygen atoms in total. The lowest BCUT2D eigenvalue weighted by molar-refractivity contribution is 0.199. The average molecular weight is 295 g/mol. The van der Waals surface area contributed by atoms with E-state index in [0.717, 1.165) is 35.3 Å². The zero-order valence-electron chi connectivity index (χ0n) is 13.1. The van der Waals surface area contributed by atoms with Gasteiger partial charge in [0.15, 0.2) is 0 Å². The van der Waals surface area contributed by atoms with Crippen molar-refractivity contribution in [3.05, 3.63) is 28.8 Å². The number of benzene rings is 1. The average Bonchev–Trinajstić information content (AvgIpc) is 2.37. The SMILES string of the molecule is CC(N)c1ccc(N2CCC(C(C)(C)C)CC2)c(Cl)c1. The number of rotatable bonds is 2. The molecule has 1 aromatic carbocycles. The third kappa shape index (κ3) is 3.48. The van der Waals surface area contributed by atoms with Crippen LogP contribution in [0.1, 0.15) is 52.1 Å². The van der Waals surface area contributed by atoms with E-state index in [2.05, 4.69) is 37.8 Å². The van der Waals surface area contributed by atoms with Crippen LogP contribution >= 0.6 is 11.6 Å². The monoisotopic (exact) mass is 294 g/mol. The normalized spacial score (nSPS) is 19.2. The second-order valence-electron chi connectivity index (χ2n) is 7.13. The molecule has 1 unspecified atom stereocenters. The number of anilines is 1. The molecule has 3 heteroatoms. The van der Waals surface area contributed by atoms with Crippen molar-refractivity contribution < 1.29 is 0 Å². The lowest BCUT2D eigenvalue weighted by Gasteiger charge is -2.40. The van der Waals surface area contributed by atoms with Crippen LogP contribution in [0.3, 0.4) is 0 Å². The number of piperidine rings is 1. The van der Waals surface area contributed by atoms with Gasteiger partial charge in [0.1, 0.15) is 0 Å². The minimum Gasteiger partial charge on any atom is -0.370 e. The summed E-state index contributed by atoms with van der Waals surface area (Å²) in [6.07, 6.45) is 2.49. The highest BCUT2D eigenvalue weighted by Gasteiger charge is 2.29. The van der Waals surface area contributed by atoms with E-state index in [1.165, 1.54) is 12.8 Å². The van der Waals surface area contributed by atoms with E-state index in [1.54, 1.807) is 0 Å². The van der Waals surface area contributed by atoms with E-state index in [0.29, 0.717) is 5.41 Å². The summed E-state index contributed by atoms with van der Waals surface area (Å²) in [7, 11) is 0. The molecule has 2 N–H and O–H groups in total. The molecule has 1 atom stereocenters. The van der Waals surface area contributed by atoms with E-state index >= 15 is 0 Å². The first-order chi connectivity index (χ1) is 9.29. The van der Waals surface area contributed by atoms with Crippen LogP contribution in [0.4, 0.5) is 5.69 Å². The molecule has 0 aromatic heterocycles. The number of halogens is 1. The van der Waals surface area contributed by atoms with E-state index in [4.69, 9.17) is 17.3 Å². The first-order valence-corrected chi connectivity index (χ1v) is 7.97. The molecule has 112 valence electrons. The molecule has 1 aromatic rings. The first-order valence-electron chi connectivity index (χ1n) is 7.59. The molecule has 1 aliphatic rings. The Hall–Kier alpha value is -0.730. The lowest BCUT2D eigenvalue weighted by atomic mass is 9.75. The van der Waals surface area contributed by atoms with Crippen molar-refractivity contribution in [3.8, 4) is 0 Å². The molecule has 0 radical (unpaired) electrons. The van der Waals surface area contributed by atoms with Gasteiger partial charge in [-0.25, -0.2) is 0 Å². The van der Waals surface area contributed by atoms with Crippen LogP contribution in [0.5, 0.6) is 0 Å². The van der Waals surface area contributed by atoms with E-state index < -0.39 is 0 Å². The zero-order chi connectivity index (χ0) is 14.9. The highest BCUT2D eigenvalue weighted by molar-refractivity contribution is 6.33. The summed E-state index contributed by atoms with van der Waals surface area (Å²) >= 11 is 6.44. The van der Waals surface area contributed by atoms with E-state index in [1.807, 2.05) is 13.0 Å². The van der Waals surface area contributed by atoms with Crippen LogP contribution in [0.2, 0.25) is 5.02 Å². The quantitative estimate of drug-likeness (QED) is 0.862. The molecule has 0 amide bonds. The topological polar surface area (TPSA) is 29.3 Å². The van der Waals surface area contributed by atoms with Crippen molar-refractivity contribution in [2.24, 2.45) is 17.1 Å². The fourth-order valence-electron chi connectivity index (χ4n) is 3.05. The van der Waals surface area contributed by atoms with Gasteiger partial charge in [-0.05, 0) is 48.8 Å². The predicted octanol–water partition coefficient (Wildman–Crippen LogP) is 4.62. The van der Waals surface area contributed by atoms with Crippen molar-refractivity contribution >= 4 is 17.3 Å². The molecule has 20 heavy (non-hydrogen) atoms. The van der Waals surface area contributed by atoms with E-state index in [-0.39, 0.29) is 6.04 Å². The Morgan fingerprint density at radius 3 is 2.30 bits per heavy atom. The standard InChI is InChI=1S/C17H27ClN2/c1-12(19)13-5-6-16(15(18)11-13)20-9-7-14(8-10-20)17(2,3)4/h5-6,11-12,14H,7-10,19H2,1-4H3. The predicted molar refractivity (Wildman–Crippen MR) is 88.4 cm³/mol. The van der Waals surface area contributed by atoms with Crippen LogP contribution in [-0.4, -0.2) is 13.1 Å². The Morgan fingerprint density at radius 2 is 1.85 bits per heavy atom. The maximum Gasteiger partial charge on any atom is 0.0642 e. The summed E-state index contributed by atoms with van der Waals surface area (Å²) in [5, 5.41) is 0.828. The van der Waals surface area contributed by atoms with Crippen LogP contribution in [-0.2, 0) is 0 Å². The third-order valence-corrected chi connectivity index (χ3v) is 4.86. The number of nitrogens with zero attached hydrogens (tertiary/aromatic N) is 1. The Morgan fingerprint density at radius 1 is 1.25 bits per heavy atom. The molecule has 2 rings (SSSR count). The van der Waals surface area contributed by atoms with Crippen LogP contribution in [0.25, 0.3) is 0 Å². The highest BCUT2D eigenvalue weighted by Crippen LogP contribution is 2.37. The third-order valence-electron chi connectivity index (χ3n) is 4.56. The smallest absolute Gasteiger partial charge is 0.0642 e. The molecule has 1 saturated heterocycles. The zero-order valence-corrected chi connectivity index (χ0v) is 13.9. The minimum atomic E-state index is 0.0353. The van der Waals surface area contributed by atoms with Crippen LogP contribution < -0.4 is 10.6 Å². The molecule has 1 heterocycles. The number of nitrogens with two attached hydrogens (primary N) is 1. The van der Waals surface area contributed by atoms with Gasteiger partial charge in [-0.3, -0.25) is 0 Å². The first kappa shape index (κ1) is 15.7. The Bertz CT molecular complexity index is 455. The summed E-state index contributed by atoms with van der Waals surface area (Å²) in [5.41, 5.74) is 8.57. The van der Waals surface area contributed by atoms with Crippen molar-refractivity contribution in [3.63, 3.8) is 0 Å². The maximum atomic E-state index is 6.44. The Labute approximate surface area is 128 Å². The van der Waals surface area contributed by atoms with Crippen molar-refractivity contribution in [1.82, 2.24) is 0 Å². The van der Waals surface area contributed by atoms with E-state index in [9.17, 15) is 0 Å². The second-order valence-corrected chi connectivity index (χ2v) is 7.53. The van der Waals surface area contributed by atoms with Crippen molar-refractivity contribution in [2.45, 2.75) is 46.6 Å². The molecule has 0 aliphatic carbocycles. The maximum absolute atomic E-state index is 6.44. The minimum absolute atomic E-state index is 0.0353. The number of hydrogen-bond acceptors (Lipinski definition) is 2. The summed E-state index contributed by atoms with van der Waals surface area (Å²) in [6, 6.07) is 6.27. The summed E-state index contributed by atoms with van der Waals surface area (Å²) in [4.78, 5) is 2.41. The second kappa shape index (κ2) is 5.95. The molecular weight excluding hydrogens is 268 g/mol. The Kier molecular flexibility index (Phi) is 4.66. The summed E-state index contributed by atoms with van der Waals surface area (Å²) < 4.78 is 0. The van der Waals surface area contributed by atoms with Crippen molar-refractivity contribution in [2.75, 3.05) is 18.0 Å². The van der Waals surface area contributed by atoms with Gasteiger partial charge < -0.3 is 10.6 Å². The van der Waals surface area contributed by atoms with Gasteiger partial charge in [-0.15, -0.1) is 0 Å². The van der Waals surface area contributed by atoms with Crippen LogP contribution in [0, 0.1) is 11.3 Å². The van der Waals surface area contributed by atoms with Gasteiger partial charge in [-0.2, -0.15) is 0 Å². The fourth-order valence-corrected chi connectivity index (χ4v) is 3.36. The molecule has 0 bridgehead atoms. The fraction of sp³-hybridized carbons (Fsp3) is 0.647. The summed E-state index contributed by atoms with van der Waals surface area (Å²) in [6.45, 7) is 11.2. The summed E-state index contributed by atoms with van der Waals surface area (Å²) in [5.74, 6) is 0.806. The lowest BCUT2D eigenvalue weighted by Crippen LogP contribution is -2.38. The van der Waals surface area contributed by atoms with Crippen LogP contribution in [0.15, 0.2) is 18.2 Å². The van der Waals surface area contributed by atoms with Gasteiger partial charge in [0.05, 0.1) is 10.7 Å². The highest BCUT2D eigenvalue weighted by atomic mass is 35.5. The van der Waals surface area contributed by atoms with Gasteiger partial charge in [0, 0.05) is 19.1 Å². The van der Waals surface area contributed by atoms with Gasteiger partial charge in [0.25, 0.3) is 0 Å².